The van der Waals surface area contributed by atoms with Crippen molar-refractivity contribution < 1.29 is 14.3 Å². The van der Waals surface area contributed by atoms with E-state index < -0.39 is 6.10 Å². The summed E-state index contributed by atoms with van der Waals surface area (Å²) in [5.74, 6) is 0.487. The van der Waals surface area contributed by atoms with Gasteiger partial charge in [0.1, 0.15) is 11.9 Å². The molecular formula is C18H20N4O3. The number of benzene rings is 1. The Balaban J connectivity index is 1.54. The molecule has 3 rings (SSSR count). The predicted molar refractivity (Wildman–Crippen MR) is 93.5 cm³/mol. The highest BCUT2D eigenvalue weighted by Crippen LogP contribution is 2.18. The number of aliphatic hydroxyl groups is 1. The average molecular weight is 340 g/mol. The molecular weight excluding hydrogens is 320 g/mol. The number of amides is 2. The Morgan fingerprint density at radius 3 is 2.92 bits per heavy atom. The predicted octanol–water partition coefficient (Wildman–Crippen LogP) is 3.10. The average Bonchev–Trinajstić information content (AvgIpc) is 3.28. The van der Waals surface area contributed by atoms with Crippen LogP contribution in [0.1, 0.15) is 25.2 Å². The topological polar surface area (TPSA) is 92.3 Å². The molecule has 130 valence electrons. The normalized spacial score (nSPS) is 13.2. The maximum atomic E-state index is 12.1. The first-order valence-electron chi connectivity index (χ1n) is 8.01. The molecule has 0 spiro atoms. The van der Waals surface area contributed by atoms with E-state index in [4.69, 9.17) is 4.42 Å². The highest BCUT2D eigenvalue weighted by Gasteiger charge is 2.16. The minimum Gasteiger partial charge on any atom is -0.467 e. The molecule has 2 heterocycles. The number of rotatable bonds is 6. The Kier molecular flexibility index (Phi) is 5.15. The van der Waals surface area contributed by atoms with Gasteiger partial charge < -0.3 is 20.2 Å². The largest absolute Gasteiger partial charge is 0.467 e. The molecule has 3 N–H and O–H groups in total. The fourth-order valence-electron chi connectivity index (χ4n) is 2.53. The van der Waals surface area contributed by atoms with Crippen LogP contribution in [0.4, 0.5) is 10.5 Å². The molecule has 0 aliphatic heterocycles. The molecule has 2 aromatic heterocycles. The second-order valence-corrected chi connectivity index (χ2v) is 5.77. The number of aliphatic hydroxyl groups excluding tert-OH is 1. The summed E-state index contributed by atoms with van der Waals surface area (Å²) in [6.07, 6.45) is 4.63. The lowest BCUT2D eigenvalue weighted by Gasteiger charge is -2.17. The maximum absolute atomic E-state index is 12.1. The van der Waals surface area contributed by atoms with Crippen molar-refractivity contribution in [2.24, 2.45) is 0 Å². The van der Waals surface area contributed by atoms with Crippen LogP contribution in [0.2, 0.25) is 0 Å². The SMILES string of the molecule is C[C@@H](C[C@@H](O)c1ccco1)NC(=O)Nc1cccc(-n2cccn2)c1. The highest BCUT2D eigenvalue weighted by atomic mass is 16.4. The summed E-state index contributed by atoms with van der Waals surface area (Å²) in [5.41, 5.74) is 1.51. The molecule has 0 fully saturated rings. The van der Waals surface area contributed by atoms with Gasteiger partial charge in [-0.25, -0.2) is 9.48 Å². The molecule has 0 unspecified atom stereocenters. The lowest BCUT2D eigenvalue weighted by molar-refractivity contribution is 0.130. The molecule has 0 saturated heterocycles. The summed E-state index contributed by atoms with van der Waals surface area (Å²) in [6.45, 7) is 1.83. The third kappa shape index (κ3) is 4.48. The third-order valence-corrected chi connectivity index (χ3v) is 3.70. The molecule has 2 amide bonds. The van der Waals surface area contributed by atoms with Crippen molar-refractivity contribution in [2.45, 2.75) is 25.5 Å². The number of urea groups is 1. The molecule has 25 heavy (non-hydrogen) atoms. The summed E-state index contributed by atoms with van der Waals surface area (Å²) < 4.78 is 6.87. The lowest BCUT2D eigenvalue weighted by atomic mass is 10.1. The highest BCUT2D eigenvalue weighted by molar-refractivity contribution is 5.89. The molecule has 0 saturated carbocycles. The number of furan rings is 1. The van der Waals surface area contributed by atoms with Crippen molar-refractivity contribution in [1.82, 2.24) is 15.1 Å². The zero-order valence-corrected chi connectivity index (χ0v) is 13.8. The van der Waals surface area contributed by atoms with Crippen LogP contribution in [0.5, 0.6) is 0 Å². The van der Waals surface area contributed by atoms with Crippen molar-refractivity contribution in [3.8, 4) is 5.69 Å². The molecule has 1 aromatic carbocycles. The van der Waals surface area contributed by atoms with E-state index in [0.717, 1.165) is 5.69 Å². The van der Waals surface area contributed by atoms with Gasteiger partial charge in [0.15, 0.2) is 0 Å². The monoisotopic (exact) mass is 340 g/mol. The first-order chi connectivity index (χ1) is 12.1. The Morgan fingerprint density at radius 2 is 2.20 bits per heavy atom. The molecule has 0 radical (unpaired) electrons. The zero-order valence-electron chi connectivity index (χ0n) is 13.8. The van der Waals surface area contributed by atoms with Gasteiger partial charge >= 0.3 is 6.03 Å². The summed E-state index contributed by atoms with van der Waals surface area (Å²) in [5, 5.41) is 19.8. The summed E-state index contributed by atoms with van der Waals surface area (Å²) >= 11 is 0. The number of carbonyl (C=O) groups is 1. The maximum Gasteiger partial charge on any atom is 0.319 e. The fraction of sp³-hybridized carbons (Fsp3) is 0.222. The molecule has 3 aromatic rings. The minimum atomic E-state index is -0.756. The van der Waals surface area contributed by atoms with Crippen molar-refractivity contribution >= 4 is 11.7 Å². The molecule has 0 bridgehead atoms. The summed E-state index contributed by atoms with van der Waals surface area (Å²) in [6, 6.07) is 12.1. The molecule has 2 atom stereocenters. The first kappa shape index (κ1) is 16.8. The number of hydrogen-bond donors (Lipinski definition) is 3. The van der Waals surface area contributed by atoms with Gasteiger partial charge in [0, 0.05) is 30.5 Å². The standard InChI is InChI=1S/C18H20N4O3/c1-13(11-16(23)17-7-3-10-25-17)20-18(24)21-14-5-2-6-15(12-14)22-9-4-8-19-22/h2-10,12-13,16,23H,11H2,1H3,(H2,20,21,24)/t13-,16+/m0/s1. The van der Waals surface area contributed by atoms with E-state index in [9.17, 15) is 9.90 Å². The van der Waals surface area contributed by atoms with Crippen LogP contribution >= 0.6 is 0 Å². The van der Waals surface area contributed by atoms with E-state index in [1.54, 1.807) is 29.1 Å². The van der Waals surface area contributed by atoms with Gasteiger partial charge in [-0.2, -0.15) is 5.10 Å². The van der Waals surface area contributed by atoms with Crippen LogP contribution in [0.25, 0.3) is 5.69 Å². The van der Waals surface area contributed by atoms with Gasteiger partial charge in [-0.05, 0) is 43.3 Å². The smallest absolute Gasteiger partial charge is 0.319 e. The van der Waals surface area contributed by atoms with E-state index in [1.165, 1.54) is 6.26 Å². The third-order valence-electron chi connectivity index (χ3n) is 3.70. The van der Waals surface area contributed by atoms with Gasteiger partial charge in [0.2, 0.25) is 0 Å². The van der Waals surface area contributed by atoms with Gasteiger partial charge in [-0.1, -0.05) is 6.07 Å². The van der Waals surface area contributed by atoms with Gasteiger partial charge in [-0.15, -0.1) is 0 Å². The van der Waals surface area contributed by atoms with E-state index in [-0.39, 0.29) is 12.1 Å². The van der Waals surface area contributed by atoms with Crippen molar-refractivity contribution in [1.29, 1.82) is 0 Å². The van der Waals surface area contributed by atoms with Crippen LogP contribution in [-0.4, -0.2) is 27.0 Å². The van der Waals surface area contributed by atoms with Gasteiger partial charge in [0.05, 0.1) is 12.0 Å². The van der Waals surface area contributed by atoms with Gasteiger partial charge in [-0.3, -0.25) is 0 Å². The van der Waals surface area contributed by atoms with E-state index >= 15 is 0 Å². The number of anilines is 1. The Labute approximate surface area is 145 Å². The summed E-state index contributed by atoms with van der Waals surface area (Å²) in [7, 11) is 0. The second kappa shape index (κ2) is 7.67. The quantitative estimate of drug-likeness (QED) is 0.643. The number of nitrogens with zero attached hydrogens (tertiary/aromatic N) is 2. The van der Waals surface area contributed by atoms with Crippen LogP contribution in [-0.2, 0) is 0 Å². The minimum absolute atomic E-state index is 0.227. The number of hydrogen-bond acceptors (Lipinski definition) is 4. The van der Waals surface area contributed by atoms with E-state index in [0.29, 0.717) is 17.9 Å². The van der Waals surface area contributed by atoms with E-state index in [1.807, 2.05) is 37.4 Å². The Bertz CT molecular complexity index is 800. The second-order valence-electron chi connectivity index (χ2n) is 5.77. The molecule has 0 aliphatic rings. The van der Waals surface area contributed by atoms with E-state index in [2.05, 4.69) is 15.7 Å². The van der Waals surface area contributed by atoms with Crippen LogP contribution in [0.15, 0.2) is 65.5 Å². The molecule has 7 heteroatoms. The molecule has 7 nitrogen and oxygen atoms in total. The van der Waals surface area contributed by atoms with Crippen LogP contribution in [0.3, 0.4) is 0 Å². The lowest BCUT2D eigenvalue weighted by Crippen LogP contribution is -2.37. The van der Waals surface area contributed by atoms with Crippen LogP contribution < -0.4 is 10.6 Å². The van der Waals surface area contributed by atoms with Gasteiger partial charge in [0.25, 0.3) is 0 Å². The Morgan fingerprint density at radius 1 is 1.32 bits per heavy atom. The number of carbonyl (C=O) groups excluding carboxylic acids is 1. The summed E-state index contributed by atoms with van der Waals surface area (Å²) in [4.78, 5) is 12.1. The fourth-order valence-corrected chi connectivity index (χ4v) is 2.53. The van der Waals surface area contributed by atoms with Crippen LogP contribution in [0, 0.1) is 0 Å². The zero-order chi connectivity index (χ0) is 17.6. The van der Waals surface area contributed by atoms with Crippen molar-refractivity contribution in [3.63, 3.8) is 0 Å². The Hall–Kier alpha value is -3.06. The van der Waals surface area contributed by atoms with Crippen molar-refractivity contribution in [3.05, 3.63) is 66.9 Å². The number of aromatic nitrogens is 2. The molecule has 0 aliphatic carbocycles. The van der Waals surface area contributed by atoms with Crippen molar-refractivity contribution in [2.75, 3.05) is 5.32 Å². The number of nitrogens with one attached hydrogen (secondary N) is 2. The first-order valence-corrected chi connectivity index (χ1v) is 8.01.